The fourth-order valence-electron chi connectivity index (χ4n) is 1.16. The molecule has 2 heteroatoms. The van der Waals surface area contributed by atoms with Gasteiger partial charge in [0.2, 0.25) is 6.20 Å². The molecule has 0 amide bonds. The zero-order chi connectivity index (χ0) is 11.3. The quantitative estimate of drug-likeness (QED) is 0.680. The van der Waals surface area contributed by atoms with E-state index in [1.807, 2.05) is 24.3 Å². The topological polar surface area (TPSA) is 20.1 Å². The fourth-order valence-corrected chi connectivity index (χ4v) is 1.16. The molecular formula is C13H18NO+. The molecule has 0 aliphatic rings. The molecule has 0 radical (unpaired) electrons. The molecule has 0 saturated carbocycles. The molecule has 0 N–H and O–H groups in total. The largest absolute Gasteiger partial charge is 0.262 e. The van der Waals surface area contributed by atoms with Crippen molar-refractivity contribution in [3.05, 3.63) is 47.5 Å². The molecule has 15 heavy (non-hydrogen) atoms. The second-order valence-corrected chi connectivity index (χ2v) is 4.81. The zero-order valence-corrected chi connectivity index (χ0v) is 9.60. The van der Waals surface area contributed by atoms with Gasteiger partial charge < -0.3 is 0 Å². The Balaban J connectivity index is 2.57. The number of para-hydroxylation sites is 1. The maximum atomic E-state index is 11.6. The average molecular weight is 204 g/mol. The predicted octanol–water partition coefficient (Wildman–Crippen LogP) is 4.05. The number of rotatable bonds is 3. The Hall–Kier alpha value is -1.44. The van der Waals surface area contributed by atoms with E-state index in [0.717, 1.165) is 11.2 Å². The summed E-state index contributed by atoms with van der Waals surface area (Å²) >= 11 is 0. The summed E-state index contributed by atoms with van der Waals surface area (Å²) in [6.07, 6.45) is 4.40. The van der Waals surface area contributed by atoms with Gasteiger partial charge in [-0.15, -0.1) is 0 Å². The summed E-state index contributed by atoms with van der Waals surface area (Å²) in [5, 5.41) is 0. The molecule has 0 atom stereocenters. The summed E-state index contributed by atoms with van der Waals surface area (Å²) in [4.78, 5) is 11.6. The molecule has 80 valence electrons. The van der Waals surface area contributed by atoms with Crippen LogP contribution in [0.5, 0.6) is 0 Å². The highest BCUT2D eigenvalue weighted by Crippen LogP contribution is 2.19. The highest BCUT2D eigenvalue weighted by Gasteiger charge is 2.10. The van der Waals surface area contributed by atoms with E-state index in [1.54, 1.807) is 18.3 Å². The van der Waals surface area contributed by atoms with Crippen LogP contribution in [0.3, 0.4) is 0 Å². The predicted molar refractivity (Wildman–Crippen MR) is 62.9 cm³/mol. The summed E-state index contributed by atoms with van der Waals surface area (Å²) in [6.45, 7) is 6.44. The summed E-state index contributed by atoms with van der Waals surface area (Å²) in [5.41, 5.74) is 0.899. The molecule has 0 aliphatic heterocycles. The minimum Gasteiger partial charge on any atom is -0.0618 e. The van der Waals surface area contributed by atoms with Crippen molar-refractivity contribution in [3.8, 4) is 0 Å². The Morgan fingerprint density at radius 2 is 1.80 bits per heavy atom. The van der Waals surface area contributed by atoms with Crippen LogP contribution in [0.15, 0.2) is 42.6 Å². The van der Waals surface area contributed by atoms with Gasteiger partial charge in [-0.2, -0.15) is 0 Å². The summed E-state index contributed by atoms with van der Waals surface area (Å²) in [7, 11) is 0. The molecule has 0 saturated heterocycles. The van der Waals surface area contributed by atoms with E-state index in [-0.39, 0.29) is 5.41 Å². The van der Waals surface area contributed by atoms with Crippen LogP contribution in [0.4, 0.5) is 5.69 Å². The van der Waals surface area contributed by atoms with Gasteiger partial charge in [0, 0.05) is 17.0 Å². The van der Waals surface area contributed by atoms with Crippen LogP contribution in [0.1, 0.15) is 27.2 Å². The van der Waals surface area contributed by atoms with Crippen LogP contribution in [-0.4, -0.2) is 4.76 Å². The van der Waals surface area contributed by atoms with Gasteiger partial charge in [-0.3, -0.25) is 0 Å². The maximum absolute atomic E-state index is 11.6. The second-order valence-electron chi connectivity index (χ2n) is 4.81. The van der Waals surface area contributed by atoms with Crippen molar-refractivity contribution in [1.82, 2.24) is 0 Å². The third-order valence-electron chi connectivity index (χ3n) is 1.98. The molecule has 0 spiro atoms. The number of nitrogens with zero attached hydrogens (tertiary/aromatic N) is 1. The molecule has 2 nitrogen and oxygen atoms in total. The third-order valence-corrected chi connectivity index (χ3v) is 1.98. The normalized spacial score (nSPS) is 11.9. The van der Waals surface area contributed by atoms with Gasteiger partial charge in [-0.25, -0.2) is 0 Å². The monoisotopic (exact) mass is 204 g/mol. The van der Waals surface area contributed by atoms with Gasteiger partial charge in [0.25, 0.3) is 5.69 Å². The Morgan fingerprint density at radius 3 is 2.33 bits per heavy atom. The van der Waals surface area contributed by atoms with Gasteiger partial charge in [0.1, 0.15) is 0 Å². The van der Waals surface area contributed by atoms with E-state index in [9.17, 15) is 4.91 Å². The lowest BCUT2D eigenvalue weighted by atomic mass is 9.92. The van der Waals surface area contributed by atoms with Gasteiger partial charge in [-0.05, 0) is 17.9 Å². The molecule has 0 fully saturated rings. The van der Waals surface area contributed by atoms with Crippen LogP contribution >= 0.6 is 0 Å². The zero-order valence-electron chi connectivity index (χ0n) is 9.60. The molecule has 0 aromatic heterocycles. The summed E-state index contributed by atoms with van der Waals surface area (Å²) < 4.78 is 0.895. The lowest BCUT2D eigenvalue weighted by Gasteiger charge is -2.13. The average Bonchev–Trinajstić information content (AvgIpc) is 2.17. The van der Waals surface area contributed by atoms with Crippen molar-refractivity contribution in [2.45, 2.75) is 27.2 Å². The number of benzene rings is 1. The minimum absolute atomic E-state index is 0.230. The first kappa shape index (κ1) is 11.6. The first-order chi connectivity index (χ1) is 6.99. The van der Waals surface area contributed by atoms with E-state index in [4.69, 9.17) is 0 Å². The highest BCUT2D eigenvalue weighted by molar-refractivity contribution is 5.28. The third kappa shape index (κ3) is 4.54. The molecule has 1 rings (SSSR count). The van der Waals surface area contributed by atoms with Gasteiger partial charge in [0.05, 0.1) is 4.76 Å². The highest BCUT2D eigenvalue weighted by atomic mass is 16.3. The van der Waals surface area contributed by atoms with E-state index >= 15 is 0 Å². The second kappa shape index (κ2) is 4.87. The summed E-state index contributed by atoms with van der Waals surface area (Å²) in [5.74, 6) is 0. The van der Waals surface area contributed by atoms with E-state index < -0.39 is 0 Å². The van der Waals surface area contributed by atoms with Gasteiger partial charge >= 0.3 is 0 Å². The van der Waals surface area contributed by atoms with Crippen LogP contribution < -0.4 is 0 Å². The number of nitroso groups, excluding NO2 is 1. The minimum atomic E-state index is 0.230. The number of hydrogen-bond donors (Lipinski definition) is 0. The van der Waals surface area contributed by atoms with Crippen LogP contribution in [-0.2, 0) is 0 Å². The number of hydrogen-bond acceptors (Lipinski definition) is 1. The van der Waals surface area contributed by atoms with Crippen molar-refractivity contribution >= 4 is 5.69 Å². The molecule has 0 aliphatic carbocycles. The molecule has 1 aromatic carbocycles. The lowest BCUT2D eigenvalue weighted by molar-refractivity contribution is -0.384. The van der Waals surface area contributed by atoms with E-state index in [1.165, 1.54) is 0 Å². The molecule has 0 unspecified atom stereocenters. The Bertz CT molecular complexity index is 347. The number of allylic oxidation sites excluding steroid dienone is 1. The molecular weight excluding hydrogens is 186 g/mol. The van der Waals surface area contributed by atoms with Crippen molar-refractivity contribution in [1.29, 1.82) is 0 Å². The van der Waals surface area contributed by atoms with Gasteiger partial charge in [-0.1, -0.05) is 39.0 Å². The van der Waals surface area contributed by atoms with Crippen molar-refractivity contribution in [2.75, 3.05) is 0 Å². The Labute approximate surface area is 91.2 Å². The molecule has 1 aromatic rings. The first-order valence-electron chi connectivity index (χ1n) is 5.17. The van der Waals surface area contributed by atoms with E-state index in [0.29, 0.717) is 5.69 Å². The van der Waals surface area contributed by atoms with E-state index in [2.05, 4.69) is 20.8 Å². The van der Waals surface area contributed by atoms with Crippen LogP contribution in [0.2, 0.25) is 0 Å². The molecule has 0 heterocycles. The van der Waals surface area contributed by atoms with Crippen molar-refractivity contribution in [3.63, 3.8) is 0 Å². The SMILES string of the molecule is CC(C)(C)CC=C[N+](=O)c1ccccc1. The Morgan fingerprint density at radius 1 is 1.20 bits per heavy atom. The smallest absolute Gasteiger partial charge is 0.0618 e. The fraction of sp³-hybridized carbons (Fsp3) is 0.385. The summed E-state index contributed by atoms with van der Waals surface area (Å²) in [6, 6.07) is 9.22. The maximum Gasteiger partial charge on any atom is 0.262 e. The Kier molecular flexibility index (Phi) is 3.78. The lowest BCUT2D eigenvalue weighted by Crippen LogP contribution is -2.02. The standard InChI is InChI=1S/C13H18NO/c1-13(2,3)10-7-11-14(15)12-8-5-4-6-9-12/h4-9,11H,10H2,1-3H3/q+1. The van der Waals surface area contributed by atoms with Crippen LogP contribution in [0, 0.1) is 10.3 Å². The van der Waals surface area contributed by atoms with Gasteiger partial charge in [0.15, 0.2) is 0 Å². The van der Waals surface area contributed by atoms with Crippen molar-refractivity contribution < 1.29 is 4.76 Å². The van der Waals surface area contributed by atoms with Crippen LogP contribution in [0.25, 0.3) is 0 Å². The van der Waals surface area contributed by atoms with Crippen molar-refractivity contribution in [2.24, 2.45) is 5.41 Å². The molecule has 0 bridgehead atoms. The first-order valence-corrected chi connectivity index (χ1v) is 5.17.